The summed E-state index contributed by atoms with van der Waals surface area (Å²) < 4.78 is 13.4. The summed E-state index contributed by atoms with van der Waals surface area (Å²) in [6.45, 7) is 3.36. The molecule has 0 amide bonds. The molecule has 3 rings (SSSR count). The fraction of sp³-hybridized carbons (Fsp3) is 0.118. The number of nitrogens with zero attached hydrogens (tertiary/aromatic N) is 4. The van der Waals surface area contributed by atoms with Gasteiger partial charge in [-0.15, -0.1) is 0 Å². The first-order valence-electron chi connectivity index (χ1n) is 7.19. The Morgan fingerprint density at radius 1 is 1.12 bits per heavy atom. The van der Waals surface area contributed by atoms with E-state index in [1.165, 1.54) is 10.9 Å². The van der Waals surface area contributed by atoms with Crippen LogP contribution in [-0.4, -0.2) is 33.2 Å². The van der Waals surface area contributed by atoms with E-state index in [0.717, 1.165) is 5.56 Å². The zero-order valence-corrected chi connectivity index (χ0v) is 14.1. The second kappa shape index (κ2) is 5.95. The van der Waals surface area contributed by atoms with E-state index in [9.17, 15) is 9.67 Å². The maximum Gasteiger partial charge on any atom is 0.223 e. The lowest BCUT2D eigenvalue weighted by atomic mass is 10.1. The third-order valence-corrected chi connectivity index (χ3v) is 5.15. The summed E-state index contributed by atoms with van der Waals surface area (Å²) in [4.78, 5) is 4.24. The molecule has 0 fully saturated rings. The van der Waals surface area contributed by atoms with Crippen molar-refractivity contribution >= 4 is 12.4 Å². The van der Waals surface area contributed by atoms with Crippen LogP contribution < -0.4 is 5.30 Å². The quantitative estimate of drug-likeness (QED) is 0.741. The number of nitriles is 1. The summed E-state index contributed by atoms with van der Waals surface area (Å²) in [6, 6.07) is 12.3. The first kappa shape index (κ1) is 16.0. The second-order valence-electron chi connectivity index (χ2n) is 5.71. The lowest BCUT2D eigenvalue weighted by Gasteiger charge is -2.08. The van der Waals surface area contributed by atoms with E-state index in [2.05, 4.69) is 16.2 Å². The van der Waals surface area contributed by atoms with Gasteiger partial charge in [0.2, 0.25) is 5.88 Å². The van der Waals surface area contributed by atoms with E-state index < -0.39 is 7.14 Å². The molecule has 7 heteroatoms. The van der Waals surface area contributed by atoms with E-state index in [0.29, 0.717) is 22.2 Å². The molecule has 0 aliphatic heterocycles. The average Bonchev–Trinajstić information content (AvgIpc) is 2.96. The van der Waals surface area contributed by atoms with Crippen molar-refractivity contribution in [1.82, 2.24) is 14.8 Å². The Kier molecular flexibility index (Phi) is 3.96. The van der Waals surface area contributed by atoms with Crippen LogP contribution in [0.3, 0.4) is 0 Å². The number of rotatable bonds is 3. The highest BCUT2D eigenvalue weighted by atomic mass is 31.2. The van der Waals surface area contributed by atoms with E-state index in [1.807, 2.05) is 0 Å². The summed E-state index contributed by atoms with van der Waals surface area (Å²) in [5, 5.41) is 24.1. The number of hydrogen-bond donors (Lipinski definition) is 1. The molecule has 0 atom stereocenters. The van der Waals surface area contributed by atoms with Crippen LogP contribution >= 0.6 is 7.14 Å². The molecule has 2 aromatic heterocycles. The molecular weight excluding hydrogens is 323 g/mol. The minimum Gasteiger partial charge on any atom is -0.493 e. The Morgan fingerprint density at radius 3 is 2.38 bits per heavy atom. The summed E-state index contributed by atoms with van der Waals surface area (Å²) >= 11 is 0. The van der Waals surface area contributed by atoms with Gasteiger partial charge in [0.15, 0.2) is 5.82 Å². The number of aromatic nitrogens is 3. The Bertz CT molecular complexity index is 963. The highest BCUT2D eigenvalue weighted by Gasteiger charge is 2.15. The highest BCUT2D eigenvalue weighted by Crippen LogP contribution is 2.34. The lowest BCUT2D eigenvalue weighted by Crippen LogP contribution is -2.07. The van der Waals surface area contributed by atoms with Crippen LogP contribution in [0.4, 0.5) is 0 Å². The Balaban J connectivity index is 1.98. The van der Waals surface area contributed by atoms with Gasteiger partial charge in [-0.2, -0.15) is 15.0 Å². The number of benzene rings is 1. The van der Waals surface area contributed by atoms with Gasteiger partial charge >= 0.3 is 0 Å². The van der Waals surface area contributed by atoms with Gasteiger partial charge in [0.1, 0.15) is 7.14 Å². The molecule has 3 aromatic rings. The maximum atomic E-state index is 12.0. The molecule has 1 N–H and O–H groups in total. The van der Waals surface area contributed by atoms with Gasteiger partial charge in [-0.25, -0.2) is 4.98 Å². The van der Waals surface area contributed by atoms with Gasteiger partial charge < -0.3 is 9.67 Å². The third kappa shape index (κ3) is 2.94. The summed E-state index contributed by atoms with van der Waals surface area (Å²) in [5.74, 6) is 0.390. The van der Waals surface area contributed by atoms with Crippen LogP contribution in [0.25, 0.3) is 16.9 Å². The van der Waals surface area contributed by atoms with E-state index >= 15 is 0 Å². The van der Waals surface area contributed by atoms with Crippen molar-refractivity contribution < 1.29 is 9.67 Å². The van der Waals surface area contributed by atoms with Gasteiger partial charge in [-0.3, -0.25) is 0 Å². The number of aromatic hydroxyl groups is 1. The van der Waals surface area contributed by atoms with E-state index in [-0.39, 0.29) is 5.88 Å². The topological polar surface area (TPSA) is 91.8 Å². The molecule has 120 valence electrons. The molecule has 6 nitrogen and oxygen atoms in total. The van der Waals surface area contributed by atoms with Gasteiger partial charge in [0.25, 0.3) is 0 Å². The second-order valence-corrected chi connectivity index (χ2v) is 8.93. The average molecular weight is 338 g/mol. The first-order chi connectivity index (χ1) is 11.4. The standard InChI is InChI=1S/C17H15N4O2P/c1-24(2,23)14-7-8-16(19-10-14)21-17(22)15(11-20-21)13-5-3-12(9-18)4-6-13/h3-8,10-11,22H,1-2H3. The largest absolute Gasteiger partial charge is 0.493 e. The van der Waals surface area contributed by atoms with Gasteiger partial charge in [0, 0.05) is 11.5 Å². The van der Waals surface area contributed by atoms with Gasteiger partial charge in [0.05, 0.1) is 23.4 Å². The molecule has 0 aliphatic carbocycles. The molecule has 2 heterocycles. The summed E-state index contributed by atoms with van der Waals surface area (Å²) in [5.41, 5.74) is 1.84. The molecule has 0 radical (unpaired) electrons. The van der Waals surface area contributed by atoms with Crippen LogP contribution in [0.2, 0.25) is 0 Å². The Morgan fingerprint density at radius 2 is 1.83 bits per heavy atom. The molecule has 1 aromatic carbocycles. The Labute approximate surface area is 139 Å². The normalized spacial score (nSPS) is 11.2. The van der Waals surface area contributed by atoms with Crippen molar-refractivity contribution in [2.75, 3.05) is 13.3 Å². The summed E-state index contributed by atoms with van der Waals surface area (Å²) in [7, 11) is -2.37. The van der Waals surface area contributed by atoms with Crippen LogP contribution in [0.1, 0.15) is 5.56 Å². The molecule has 0 saturated carbocycles. The van der Waals surface area contributed by atoms with Gasteiger partial charge in [-0.05, 0) is 43.2 Å². The molecule has 0 bridgehead atoms. The molecule has 0 aliphatic rings. The fourth-order valence-electron chi connectivity index (χ4n) is 2.26. The van der Waals surface area contributed by atoms with Crippen LogP contribution in [0.15, 0.2) is 48.8 Å². The van der Waals surface area contributed by atoms with Gasteiger partial charge in [-0.1, -0.05) is 12.1 Å². The minimum atomic E-state index is -2.37. The molecule has 0 saturated heterocycles. The Hall–Kier alpha value is -2.90. The van der Waals surface area contributed by atoms with Crippen LogP contribution in [0, 0.1) is 11.3 Å². The SMILES string of the molecule is CP(C)(=O)c1ccc(-n2ncc(-c3ccc(C#N)cc3)c2O)nc1. The molecule has 0 unspecified atom stereocenters. The van der Waals surface area contributed by atoms with E-state index in [4.69, 9.17) is 5.26 Å². The first-order valence-corrected chi connectivity index (χ1v) is 9.80. The smallest absolute Gasteiger partial charge is 0.223 e. The number of hydrogen-bond acceptors (Lipinski definition) is 5. The fourth-order valence-corrected chi connectivity index (χ4v) is 3.03. The van der Waals surface area contributed by atoms with Crippen molar-refractivity contribution in [3.63, 3.8) is 0 Å². The van der Waals surface area contributed by atoms with E-state index in [1.54, 1.807) is 55.9 Å². The molecule has 24 heavy (non-hydrogen) atoms. The van der Waals surface area contributed by atoms with Crippen molar-refractivity contribution in [2.24, 2.45) is 0 Å². The lowest BCUT2D eigenvalue weighted by molar-refractivity contribution is 0.433. The van der Waals surface area contributed by atoms with Crippen molar-refractivity contribution in [2.45, 2.75) is 0 Å². The predicted molar refractivity (Wildman–Crippen MR) is 92.3 cm³/mol. The number of pyridine rings is 1. The predicted octanol–water partition coefficient (Wildman–Crippen LogP) is 2.76. The summed E-state index contributed by atoms with van der Waals surface area (Å²) in [6.07, 6.45) is 3.08. The van der Waals surface area contributed by atoms with Crippen molar-refractivity contribution in [3.05, 3.63) is 54.4 Å². The third-order valence-electron chi connectivity index (χ3n) is 3.64. The highest BCUT2D eigenvalue weighted by molar-refractivity contribution is 7.70. The maximum absolute atomic E-state index is 12.0. The van der Waals surface area contributed by atoms with Crippen LogP contribution in [-0.2, 0) is 4.57 Å². The minimum absolute atomic E-state index is 0.0452. The van der Waals surface area contributed by atoms with Crippen LogP contribution in [0.5, 0.6) is 5.88 Å². The molecular formula is C17H15N4O2P. The monoisotopic (exact) mass is 338 g/mol. The zero-order chi connectivity index (χ0) is 17.3. The zero-order valence-electron chi connectivity index (χ0n) is 13.2. The van der Waals surface area contributed by atoms with Crippen molar-refractivity contribution in [1.29, 1.82) is 5.26 Å². The molecule has 0 spiro atoms. The van der Waals surface area contributed by atoms with Crippen molar-refractivity contribution in [3.8, 4) is 28.9 Å².